The summed E-state index contributed by atoms with van der Waals surface area (Å²) >= 11 is 0. The number of rotatable bonds is 2. The van der Waals surface area contributed by atoms with Gasteiger partial charge in [-0.3, -0.25) is 4.79 Å². The topological polar surface area (TPSA) is 103 Å². The number of fused-ring (bicyclic) bond motifs is 3. The van der Waals surface area contributed by atoms with E-state index in [4.69, 9.17) is 9.47 Å². The summed E-state index contributed by atoms with van der Waals surface area (Å²) in [5, 5.41) is 10.5. The van der Waals surface area contributed by atoms with Crippen molar-refractivity contribution in [3.05, 3.63) is 30.0 Å². The molecular weight excluding hydrogens is 336 g/mol. The minimum Gasteiger partial charge on any atom is -0.496 e. The predicted molar refractivity (Wildman–Crippen MR) is 95.7 cm³/mol. The predicted octanol–water partition coefficient (Wildman–Crippen LogP) is 2.27. The van der Waals surface area contributed by atoms with Gasteiger partial charge in [-0.25, -0.2) is 4.98 Å². The van der Waals surface area contributed by atoms with Crippen LogP contribution in [0.25, 0.3) is 5.65 Å². The second kappa shape index (κ2) is 6.51. The smallest absolute Gasteiger partial charge is 0.218 e. The fourth-order valence-corrected chi connectivity index (χ4v) is 2.81. The second-order valence-corrected chi connectivity index (χ2v) is 5.80. The molecule has 0 saturated carbocycles. The number of aromatic nitrogens is 4. The number of pyridine rings is 1. The zero-order valence-corrected chi connectivity index (χ0v) is 14.4. The van der Waals surface area contributed by atoms with Crippen LogP contribution in [0.3, 0.4) is 0 Å². The Kier molecular flexibility index (Phi) is 4.04. The zero-order chi connectivity index (χ0) is 18.1. The van der Waals surface area contributed by atoms with Crippen LogP contribution in [0.4, 0.5) is 17.5 Å². The Morgan fingerprint density at radius 3 is 2.92 bits per heavy atom. The third-order valence-corrected chi connectivity index (χ3v) is 4.09. The summed E-state index contributed by atoms with van der Waals surface area (Å²) in [4.78, 5) is 21.5. The first-order valence-corrected chi connectivity index (χ1v) is 8.23. The minimum atomic E-state index is -0.0215. The molecule has 0 aromatic carbocycles. The molecule has 0 amide bonds. The van der Waals surface area contributed by atoms with Gasteiger partial charge in [0.25, 0.3) is 0 Å². The highest BCUT2D eigenvalue weighted by atomic mass is 16.5. The summed E-state index contributed by atoms with van der Waals surface area (Å²) < 4.78 is 12.6. The van der Waals surface area contributed by atoms with Crippen molar-refractivity contribution in [2.45, 2.75) is 12.8 Å². The molecule has 0 atom stereocenters. The summed E-state index contributed by atoms with van der Waals surface area (Å²) in [7, 11) is 3.36. The van der Waals surface area contributed by atoms with Gasteiger partial charge in [-0.05, 0) is 6.42 Å². The van der Waals surface area contributed by atoms with E-state index in [0.717, 1.165) is 0 Å². The van der Waals surface area contributed by atoms with Crippen LogP contribution in [0, 0.1) is 0 Å². The molecule has 0 fully saturated rings. The molecule has 9 heteroatoms. The number of ether oxygens (including phenoxy) is 2. The van der Waals surface area contributed by atoms with Crippen molar-refractivity contribution in [2.24, 2.45) is 0 Å². The van der Waals surface area contributed by atoms with Crippen molar-refractivity contribution in [1.29, 1.82) is 0 Å². The van der Waals surface area contributed by atoms with E-state index < -0.39 is 0 Å². The quantitative estimate of drug-likeness (QED) is 0.722. The van der Waals surface area contributed by atoms with Crippen molar-refractivity contribution in [3.8, 4) is 11.6 Å². The number of hydrogen-bond donors (Lipinski definition) is 2. The van der Waals surface area contributed by atoms with Gasteiger partial charge in [0.2, 0.25) is 5.88 Å². The molecule has 3 aromatic heterocycles. The number of anilines is 3. The van der Waals surface area contributed by atoms with Gasteiger partial charge in [-0.2, -0.15) is 14.6 Å². The van der Waals surface area contributed by atoms with Crippen LogP contribution in [-0.4, -0.2) is 46.1 Å². The van der Waals surface area contributed by atoms with Gasteiger partial charge < -0.3 is 20.1 Å². The van der Waals surface area contributed by atoms with E-state index in [2.05, 4.69) is 25.7 Å². The Balaban J connectivity index is 1.88. The maximum Gasteiger partial charge on any atom is 0.218 e. The number of carbonyl (C=O) groups is 1. The van der Waals surface area contributed by atoms with Gasteiger partial charge in [0.1, 0.15) is 23.2 Å². The van der Waals surface area contributed by atoms with Crippen LogP contribution in [0.15, 0.2) is 24.4 Å². The summed E-state index contributed by atoms with van der Waals surface area (Å²) in [6, 6.07) is 5.24. The van der Waals surface area contributed by atoms with Gasteiger partial charge >= 0.3 is 0 Å². The van der Waals surface area contributed by atoms with Gasteiger partial charge in [0.15, 0.2) is 11.4 Å². The lowest BCUT2D eigenvalue weighted by Gasteiger charge is -2.11. The highest BCUT2D eigenvalue weighted by Crippen LogP contribution is 2.27. The normalized spacial score (nSPS) is 14.0. The van der Waals surface area contributed by atoms with Crippen molar-refractivity contribution in [1.82, 2.24) is 19.6 Å². The Hall–Kier alpha value is -3.36. The number of Topliss-reactive ketones (excluding diaryl/α,β-unsaturated/α-hetero) is 1. The molecule has 0 spiro atoms. The highest BCUT2D eigenvalue weighted by Gasteiger charge is 2.18. The summed E-state index contributed by atoms with van der Waals surface area (Å²) in [5.74, 6) is 2.78. The van der Waals surface area contributed by atoms with E-state index in [1.54, 1.807) is 43.1 Å². The van der Waals surface area contributed by atoms with E-state index in [9.17, 15) is 4.79 Å². The summed E-state index contributed by atoms with van der Waals surface area (Å²) in [6.07, 6.45) is 2.46. The van der Waals surface area contributed by atoms with Gasteiger partial charge in [-0.1, -0.05) is 0 Å². The molecule has 4 bridgehead atoms. The number of hydrogen-bond acceptors (Lipinski definition) is 8. The lowest BCUT2D eigenvalue weighted by atomic mass is 10.1. The van der Waals surface area contributed by atoms with Crippen LogP contribution in [0.5, 0.6) is 11.6 Å². The Morgan fingerprint density at radius 2 is 2.12 bits per heavy atom. The van der Waals surface area contributed by atoms with Crippen molar-refractivity contribution < 1.29 is 14.3 Å². The largest absolute Gasteiger partial charge is 0.496 e. The molecule has 0 unspecified atom stereocenters. The Labute approximate surface area is 149 Å². The molecular formula is C17H18N6O3. The molecule has 0 radical (unpaired) electrons. The third kappa shape index (κ3) is 2.87. The minimum absolute atomic E-state index is 0.0215. The monoisotopic (exact) mass is 354 g/mol. The first kappa shape index (κ1) is 16.1. The molecule has 4 heterocycles. The van der Waals surface area contributed by atoms with Crippen LogP contribution in [-0.2, 0) is 0 Å². The first-order chi connectivity index (χ1) is 12.7. The van der Waals surface area contributed by atoms with Crippen molar-refractivity contribution in [2.75, 3.05) is 31.4 Å². The molecule has 134 valence electrons. The number of nitrogens with one attached hydrogen (secondary N) is 2. The lowest BCUT2D eigenvalue weighted by molar-refractivity contribution is 0.0974. The maximum atomic E-state index is 12.6. The van der Waals surface area contributed by atoms with E-state index in [1.807, 2.05) is 0 Å². The Morgan fingerprint density at radius 1 is 1.27 bits per heavy atom. The number of methoxy groups -OCH3 is 1. The molecule has 9 nitrogen and oxygen atoms in total. The molecule has 1 aliphatic heterocycles. The molecule has 2 N–H and O–H groups in total. The second-order valence-electron chi connectivity index (χ2n) is 5.80. The lowest BCUT2D eigenvalue weighted by Crippen LogP contribution is -2.06. The zero-order valence-electron chi connectivity index (χ0n) is 14.4. The van der Waals surface area contributed by atoms with Crippen LogP contribution in [0.1, 0.15) is 23.2 Å². The Bertz CT molecular complexity index is 984. The molecule has 26 heavy (non-hydrogen) atoms. The van der Waals surface area contributed by atoms with Gasteiger partial charge in [0.05, 0.1) is 25.5 Å². The molecule has 4 rings (SSSR count). The van der Waals surface area contributed by atoms with Crippen molar-refractivity contribution in [3.63, 3.8) is 0 Å². The SMILES string of the molecule is CNc1cc2nc3c(cnn13)C(=O)CCCOc1cc(OC)cc(n1)N2. The van der Waals surface area contributed by atoms with Gasteiger partial charge in [-0.15, -0.1) is 0 Å². The standard InChI is InChI=1S/C17H18N6O3/c1-18-15-8-14-20-13-6-10(25-2)7-16(21-13)26-5-3-4-12(24)11-9-19-23(15)17(11)22-14/h6-9,18H,3-5H2,1-2H3,(H,20,21,22). The molecule has 0 saturated heterocycles. The average molecular weight is 354 g/mol. The summed E-state index contributed by atoms with van der Waals surface area (Å²) in [5.41, 5.74) is 0.981. The van der Waals surface area contributed by atoms with E-state index >= 15 is 0 Å². The highest BCUT2D eigenvalue weighted by molar-refractivity contribution is 6.01. The molecule has 0 aliphatic carbocycles. The molecule has 3 aromatic rings. The average Bonchev–Trinajstić information content (AvgIpc) is 3.07. The van der Waals surface area contributed by atoms with E-state index in [1.165, 1.54) is 0 Å². The first-order valence-electron chi connectivity index (χ1n) is 8.23. The molecule has 1 aliphatic rings. The van der Waals surface area contributed by atoms with Gasteiger partial charge in [0, 0.05) is 31.7 Å². The van der Waals surface area contributed by atoms with E-state index in [0.29, 0.717) is 59.7 Å². The van der Waals surface area contributed by atoms with Crippen molar-refractivity contribution >= 4 is 28.9 Å². The van der Waals surface area contributed by atoms with Crippen LogP contribution >= 0.6 is 0 Å². The third-order valence-electron chi connectivity index (χ3n) is 4.09. The van der Waals surface area contributed by atoms with Crippen LogP contribution in [0.2, 0.25) is 0 Å². The van der Waals surface area contributed by atoms with Crippen LogP contribution < -0.4 is 20.1 Å². The maximum absolute atomic E-state index is 12.6. The fraction of sp³-hybridized carbons (Fsp3) is 0.294. The number of nitrogens with zero attached hydrogens (tertiary/aromatic N) is 4. The number of carbonyl (C=O) groups excluding carboxylic acids is 1. The number of ketones is 1. The fourth-order valence-electron chi connectivity index (χ4n) is 2.81. The summed E-state index contributed by atoms with van der Waals surface area (Å²) in [6.45, 7) is 0.378. The van der Waals surface area contributed by atoms with E-state index in [-0.39, 0.29) is 5.78 Å².